The van der Waals surface area contributed by atoms with Crippen LogP contribution in [0.3, 0.4) is 0 Å². The maximum absolute atomic E-state index is 12.7. The molecule has 4 aromatic rings. The number of thioether (sulfide) groups is 1. The van der Waals surface area contributed by atoms with Crippen molar-refractivity contribution >= 4 is 69.5 Å². The molecule has 0 unspecified atom stereocenters. The molecule has 0 bridgehead atoms. The van der Waals surface area contributed by atoms with E-state index < -0.39 is 6.04 Å². The second kappa shape index (κ2) is 15.0. The lowest BCUT2D eigenvalue weighted by Crippen LogP contribution is -2.44. The van der Waals surface area contributed by atoms with Crippen molar-refractivity contribution in [2.45, 2.75) is 42.7 Å². The molecule has 43 heavy (non-hydrogen) atoms. The van der Waals surface area contributed by atoms with Crippen LogP contribution < -0.4 is 16.0 Å². The summed E-state index contributed by atoms with van der Waals surface area (Å²) in [5, 5.41) is 12.4. The summed E-state index contributed by atoms with van der Waals surface area (Å²) in [6.45, 7) is 4.44. The van der Waals surface area contributed by atoms with Crippen molar-refractivity contribution in [3.63, 3.8) is 0 Å². The number of hydrogen-bond donors (Lipinski definition) is 3. The molecule has 1 atom stereocenters. The van der Waals surface area contributed by atoms with E-state index in [0.29, 0.717) is 21.5 Å². The summed E-state index contributed by atoms with van der Waals surface area (Å²) in [4.78, 5) is 36.5. The number of nitrogens with one attached hydrogen (secondary N) is 3. The van der Waals surface area contributed by atoms with E-state index >= 15 is 0 Å². The van der Waals surface area contributed by atoms with Gasteiger partial charge in [-0.25, -0.2) is 4.98 Å². The SMILES string of the molecule is C[C@H](Nc1cccnc1)C(=O)Nc1cccc(-c2csc(SCC(=O)NC3CCN(Cc4ccc(Cl)c(Cl)c4)CC3)n2)c1. The van der Waals surface area contributed by atoms with E-state index in [1.165, 1.54) is 23.1 Å². The first-order valence-corrected chi connectivity index (χ1v) is 16.6. The van der Waals surface area contributed by atoms with Crippen molar-refractivity contribution in [2.24, 2.45) is 0 Å². The Morgan fingerprint density at radius 2 is 1.88 bits per heavy atom. The number of halogens is 2. The number of likely N-dealkylation sites (tertiary alicyclic amines) is 1. The van der Waals surface area contributed by atoms with Gasteiger partial charge in [0, 0.05) is 54.7 Å². The zero-order chi connectivity index (χ0) is 30.2. The van der Waals surface area contributed by atoms with Crippen LogP contribution in [-0.2, 0) is 16.1 Å². The van der Waals surface area contributed by atoms with Gasteiger partial charge in [0.15, 0.2) is 4.34 Å². The molecule has 8 nitrogen and oxygen atoms in total. The summed E-state index contributed by atoms with van der Waals surface area (Å²) in [7, 11) is 0. The number of carbonyl (C=O) groups is 2. The maximum atomic E-state index is 12.7. The lowest BCUT2D eigenvalue weighted by atomic mass is 10.0. The van der Waals surface area contributed by atoms with E-state index in [1.54, 1.807) is 19.3 Å². The molecule has 5 rings (SSSR count). The van der Waals surface area contributed by atoms with Crippen LogP contribution in [0.25, 0.3) is 11.3 Å². The van der Waals surface area contributed by atoms with Crippen LogP contribution in [0, 0.1) is 0 Å². The number of aromatic nitrogens is 2. The van der Waals surface area contributed by atoms with Gasteiger partial charge in [0.05, 0.1) is 27.2 Å². The average Bonchev–Trinajstić information content (AvgIpc) is 3.49. The van der Waals surface area contributed by atoms with Gasteiger partial charge in [-0.3, -0.25) is 19.5 Å². The third kappa shape index (κ3) is 9.17. The number of piperidine rings is 1. The summed E-state index contributed by atoms with van der Waals surface area (Å²) < 4.78 is 0.824. The second-order valence-electron chi connectivity index (χ2n) is 10.3. The highest BCUT2D eigenvalue weighted by Crippen LogP contribution is 2.30. The standard InChI is InChI=1S/C31H32Cl2N6O2S2/c1-20(35-25-6-3-11-34-16-25)30(41)37-24-5-2-4-22(15-24)28-18-42-31(38-28)43-19-29(40)36-23-9-12-39(13-10-23)17-21-7-8-26(32)27(33)14-21/h2-8,11,14-16,18,20,23,35H,9-10,12-13,17,19H2,1H3,(H,36,40)(H,37,41)/t20-/m0/s1. The van der Waals surface area contributed by atoms with Crippen molar-refractivity contribution in [2.75, 3.05) is 29.5 Å². The fourth-order valence-electron chi connectivity index (χ4n) is 4.75. The van der Waals surface area contributed by atoms with Gasteiger partial charge in [-0.15, -0.1) is 11.3 Å². The highest BCUT2D eigenvalue weighted by molar-refractivity contribution is 8.01. The van der Waals surface area contributed by atoms with Crippen molar-refractivity contribution in [3.05, 3.63) is 88.0 Å². The van der Waals surface area contributed by atoms with Gasteiger partial charge in [0.25, 0.3) is 0 Å². The van der Waals surface area contributed by atoms with E-state index in [1.807, 2.05) is 60.0 Å². The molecule has 2 aromatic carbocycles. The Morgan fingerprint density at radius 1 is 1.07 bits per heavy atom. The highest BCUT2D eigenvalue weighted by Gasteiger charge is 2.21. The minimum Gasteiger partial charge on any atom is -0.373 e. The van der Waals surface area contributed by atoms with Gasteiger partial charge < -0.3 is 16.0 Å². The normalized spacial score (nSPS) is 14.7. The largest absolute Gasteiger partial charge is 0.373 e. The van der Waals surface area contributed by atoms with Crippen molar-refractivity contribution in [3.8, 4) is 11.3 Å². The predicted octanol–water partition coefficient (Wildman–Crippen LogP) is 6.82. The fraction of sp³-hybridized carbons (Fsp3) is 0.290. The van der Waals surface area contributed by atoms with Crippen LogP contribution in [-0.4, -0.2) is 57.6 Å². The van der Waals surface area contributed by atoms with Gasteiger partial charge in [-0.05, 0) is 61.7 Å². The Kier molecular flexibility index (Phi) is 10.9. The summed E-state index contributed by atoms with van der Waals surface area (Å²) in [5.74, 6) is 0.177. The van der Waals surface area contributed by atoms with E-state index in [-0.39, 0.29) is 17.9 Å². The quantitative estimate of drug-likeness (QED) is 0.153. The van der Waals surface area contributed by atoms with Gasteiger partial charge >= 0.3 is 0 Å². The molecule has 0 spiro atoms. The van der Waals surface area contributed by atoms with Crippen LogP contribution in [0.1, 0.15) is 25.3 Å². The van der Waals surface area contributed by atoms with E-state index in [0.717, 1.165) is 59.3 Å². The Labute approximate surface area is 269 Å². The van der Waals surface area contributed by atoms with E-state index in [2.05, 4.69) is 25.8 Å². The molecule has 3 N–H and O–H groups in total. The van der Waals surface area contributed by atoms with Gasteiger partial charge in [0.1, 0.15) is 6.04 Å². The molecule has 2 aromatic heterocycles. The first kappa shape index (κ1) is 31.3. The number of pyridine rings is 1. The van der Waals surface area contributed by atoms with Crippen LogP contribution >= 0.6 is 46.3 Å². The molecule has 1 aliphatic rings. The number of rotatable bonds is 11. The van der Waals surface area contributed by atoms with Crippen LogP contribution in [0.15, 0.2) is 76.7 Å². The molecular formula is C31H32Cl2N6O2S2. The van der Waals surface area contributed by atoms with Crippen molar-refractivity contribution < 1.29 is 9.59 Å². The number of amides is 2. The molecule has 1 saturated heterocycles. The van der Waals surface area contributed by atoms with E-state index in [4.69, 9.17) is 28.2 Å². The first-order chi connectivity index (χ1) is 20.8. The number of thiazole rings is 1. The molecule has 2 amide bonds. The fourth-order valence-corrected chi connectivity index (χ4v) is 6.72. The van der Waals surface area contributed by atoms with E-state index in [9.17, 15) is 9.59 Å². The lowest BCUT2D eigenvalue weighted by molar-refractivity contribution is -0.119. The maximum Gasteiger partial charge on any atom is 0.246 e. The topological polar surface area (TPSA) is 99.2 Å². The monoisotopic (exact) mass is 654 g/mol. The minimum atomic E-state index is -0.442. The Balaban J connectivity index is 1.05. The Bertz CT molecular complexity index is 1550. The second-order valence-corrected chi connectivity index (χ2v) is 13.2. The number of hydrogen-bond acceptors (Lipinski definition) is 8. The molecule has 12 heteroatoms. The number of anilines is 2. The Morgan fingerprint density at radius 3 is 2.65 bits per heavy atom. The number of carbonyl (C=O) groups excluding carboxylic acids is 2. The van der Waals surface area contributed by atoms with Crippen molar-refractivity contribution in [1.82, 2.24) is 20.2 Å². The first-order valence-electron chi connectivity index (χ1n) is 13.9. The van der Waals surface area contributed by atoms with Gasteiger partial charge in [-0.2, -0.15) is 0 Å². The van der Waals surface area contributed by atoms with Gasteiger partial charge in [0.2, 0.25) is 11.8 Å². The van der Waals surface area contributed by atoms with Gasteiger partial charge in [-0.1, -0.05) is 53.2 Å². The molecule has 0 radical (unpaired) electrons. The molecule has 3 heterocycles. The third-order valence-electron chi connectivity index (χ3n) is 7.02. The van der Waals surface area contributed by atoms with Crippen molar-refractivity contribution in [1.29, 1.82) is 0 Å². The number of nitrogens with zero attached hydrogens (tertiary/aromatic N) is 3. The summed E-state index contributed by atoms with van der Waals surface area (Å²) in [6, 6.07) is 16.8. The average molecular weight is 656 g/mol. The highest BCUT2D eigenvalue weighted by atomic mass is 35.5. The molecule has 0 saturated carbocycles. The third-order valence-corrected chi connectivity index (χ3v) is 9.78. The molecule has 1 fully saturated rings. The summed E-state index contributed by atoms with van der Waals surface area (Å²) in [6.07, 6.45) is 5.18. The zero-order valence-corrected chi connectivity index (χ0v) is 26.7. The molecule has 1 aliphatic heterocycles. The summed E-state index contributed by atoms with van der Waals surface area (Å²) in [5.41, 5.74) is 4.30. The smallest absolute Gasteiger partial charge is 0.246 e. The van der Waals surface area contributed by atoms with Crippen LogP contribution in [0.2, 0.25) is 10.0 Å². The summed E-state index contributed by atoms with van der Waals surface area (Å²) >= 11 is 15.1. The Hall–Kier alpha value is -3.15. The number of benzene rings is 2. The molecule has 0 aliphatic carbocycles. The van der Waals surface area contributed by atoms with Crippen LogP contribution in [0.4, 0.5) is 11.4 Å². The predicted molar refractivity (Wildman–Crippen MR) is 177 cm³/mol. The zero-order valence-electron chi connectivity index (χ0n) is 23.6. The molecule has 224 valence electrons. The molecular weight excluding hydrogens is 623 g/mol. The van der Waals surface area contributed by atoms with Crippen LogP contribution in [0.5, 0.6) is 0 Å². The minimum absolute atomic E-state index is 0.0170. The lowest BCUT2D eigenvalue weighted by Gasteiger charge is -2.32.